The summed E-state index contributed by atoms with van der Waals surface area (Å²) in [5, 5.41) is 6.46. The Morgan fingerprint density at radius 1 is 1.19 bits per heavy atom. The molecule has 3 heteroatoms. The summed E-state index contributed by atoms with van der Waals surface area (Å²) in [6.45, 7) is 6.85. The Hall–Kier alpha value is -0.570. The van der Waals surface area contributed by atoms with Gasteiger partial charge >= 0.3 is 0 Å². The Morgan fingerprint density at radius 3 is 2.38 bits per heavy atom. The van der Waals surface area contributed by atoms with E-state index < -0.39 is 0 Å². The van der Waals surface area contributed by atoms with E-state index in [0.717, 1.165) is 6.54 Å². The van der Waals surface area contributed by atoms with Crippen LogP contribution in [0.15, 0.2) is 0 Å². The number of rotatable bonds is 4. The summed E-state index contributed by atoms with van der Waals surface area (Å²) >= 11 is 0. The molecule has 1 amide bonds. The third-order valence-corrected chi connectivity index (χ3v) is 2.90. The fourth-order valence-corrected chi connectivity index (χ4v) is 2.18. The van der Waals surface area contributed by atoms with E-state index in [2.05, 4.69) is 10.6 Å². The normalized spacial score (nSPS) is 18.4. The van der Waals surface area contributed by atoms with Crippen molar-refractivity contribution in [2.75, 3.05) is 6.54 Å². The van der Waals surface area contributed by atoms with E-state index in [1.165, 1.54) is 32.1 Å². The van der Waals surface area contributed by atoms with Crippen LogP contribution >= 0.6 is 0 Å². The first kappa shape index (κ1) is 13.5. The van der Waals surface area contributed by atoms with Gasteiger partial charge in [0.25, 0.3) is 0 Å². The number of amides is 1. The van der Waals surface area contributed by atoms with E-state index in [0.29, 0.717) is 12.5 Å². The molecular formula is C13H26N2O. The minimum Gasteiger partial charge on any atom is -0.351 e. The van der Waals surface area contributed by atoms with Crippen molar-refractivity contribution in [1.82, 2.24) is 10.6 Å². The second-order valence-electron chi connectivity index (χ2n) is 5.84. The second kappa shape index (κ2) is 6.24. The minimum absolute atomic E-state index is 0.109. The predicted molar refractivity (Wildman–Crippen MR) is 67.4 cm³/mol. The second-order valence-corrected chi connectivity index (χ2v) is 5.84. The lowest BCUT2D eigenvalue weighted by molar-refractivity contribution is -0.122. The minimum atomic E-state index is -0.109. The topological polar surface area (TPSA) is 41.1 Å². The average molecular weight is 226 g/mol. The molecule has 3 nitrogen and oxygen atoms in total. The molecule has 0 atom stereocenters. The molecule has 1 aliphatic carbocycles. The Balaban J connectivity index is 2.08. The molecule has 0 heterocycles. The Morgan fingerprint density at radius 2 is 1.81 bits per heavy atom. The zero-order chi connectivity index (χ0) is 12.0. The first-order valence-corrected chi connectivity index (χ1v) is 6.52. The smallest absolute Gasteiger partial charge is 0.221 e. The van der Waals surface area contributed by atoms with Crippen LogP contribution in [0.5, 0.6) is 0 Å². The first-order valence-electron chi connectivity index (χ1n) is 6.52. The largest absolute Gasteiger partial charge is 0.351 e. The molecule has 0 aromatic heterocycles. The van der Waals surface area contributed by atoms with Crippen LogP contribution in [-0.4, -0.2) is 24.0 Å². The van der Waals surface area contributed by atoms with Crippen molar-refractivity contribution >= 4 is 5.91 Å². The van der Waals surface area contributed by atoms with E-state index in [-0.39, 0.29) is 11.4 Å². The highest BCUT2D eigenvalue weighted by atomic mass is 16.1. The van der Waals surface area contributed by atoms with Crippen molar-refractivity contribution in [1.29, 1.82) is 0 Å². The maximum Gasteiger partial charge on any atom is 0.221 e. The summed E-state index contributed by atoms with van der Waals surface area (Å²) in [7, 11) is 0. The van der Waals surface area contributed by atoms with Crippen LogP contribution in [0.2, 0.25) is 0 Å². The van der Waals surface area contributed by atoms with Gasteiger partial charge in [-0.25, -0.2) is 0 Å². The molecule has 1 aliphatic rings. The van der Waals surface area contributed by atoms with Crippen molar-refractivity contribution in [3.63, 3.8) is 0 Å². The van der Waals surface area contributed by atoms with E-state index in [9.17, 15) is 4.79 Å². The van der Waals surface area contributed by atoms with Gasteiger partial charge in [-0.05, 0) is 33.6 Å². The van der Waals surface area contributed by atoms with E-state index in [1.54, 1.807) is 0 Å². The molecule has 1 fully saturated rings. The van der Waals surface area contributed by atoms with Gasteiger partial charge in [-0.1, -0.05) is 19.3 Å². The van der Waals surface area contributed by atoms with Crippen molar-refractivity contribution in [3.05, 3.63) is 0 Å². The summed E-state index contributed by atoms with van der Waals surface area (Å²) in [4.78, 5) is 11.5. The monoisotopic (exact) mass is 226 g/mol. The van der Waals surface area contributed by atoms with Crippen molar-refractivity contribution in [3.8, 4) is 0 Å². The number of hydrogen-bond acceptors (Lipinski definition) is 2. The van der Waals surface area contributed by atoms with E-state index >= 15 is 0 Å². The Kier molecular flexibility index (Phi) is 5.26. The summed E-state index contributed by atoms with van der Waals surface area (Å²) < 4.78 is 0. The fraction of sp³-hybridized carbons (Fsp3) is 0.923. The highest BCUT2D eigenvalue weighted by molar-refractivity contribution is 5.76. The van der Waals surface area contributed by atoms with Gasteiger partial charge in [0.1, 0.15) is 0 Å². The Labute approximate surface area is 99.4 Å². The summed E-state index contributed by atoms with van der Waals surface area (Å²) in [5.41, 5.74) is -0.109. The molecule has 0 aromatic rings. The molecule has 0 saturated heterocycles. The van der Waals surface area contributed by atoms with Gasteiger partial charge in [-0.3, -0.25) is 4.79 Å². The SMILES string of the molecule is CC(C)(C)NC(=O)CCNC1CCCCC1. The molecule has 16 heavy (non-hydrogen) atoms. The quantitative estimate of drug-likeness (QED) is 0.771. The van der Waals surface area contributed by atoms with Crippen LogP contribution in [-0.2, 0) is 4.79 Å². The zero-order valence-electron chi connectivity index (χ0n) is 10.9. The first-order chi connectivity index (χ1) is 7.47. The summed E-state index contributed by atoms with van der Waals surface area (Å²) in [6.07, 6.45) is 7.20. The van der Waals surface area contributed by atoms with Gasteiger partial charge in [-0.2, -0.15) is 0 Å². The molecule has 2 N–H and O–H groups in total. The van der Waals surface area contributed by atoms with Gasteiger partial charge in [0.2, 0.25) is 5.91 Å². The molecule has 0 bridgehead atoms. The molecule has 0 unspecified atom stereocenters. The van der Waals surface area contributed by atoms with Gasteiger partial charge < -0.3 is 10.6 Å². The molecule has 1 rings (SSSR count). The average Bonchev–Trinajstić information content (AvgIpc) is 2.16. The lowest BCUT2D eigenvalue weighted by atomic mass is 9.95. The lowest BCUT2D eigenvalue weighted by Crippen LogP contribution is -2.42. The maximum atomic E-state index is 11.5. The molecule has 1 saturated carbocycles. The van der Waals surface area contributed by atoms with Gasteiger partial charge in [0.05, 0.1) is 0 Å². The third kappa shape index (κ3) is 6.11. The van der Waals surface area contributed by atoms with Gasteiger partial charge in [0, 0.05) is 24.5 Å². The zero-order valence-corrected chi connectivity index (χ0v) is 10.9. The standard InChI is InChI=1S/C13H26N2O/c1-13(2,3)15-12(16)9-10-14-11-7-5-4-6-8-11/h11,14H,4-10H2,1-3H3,(H,15,16). The van der Waals surface area contributed by atoms with Gasteiger partial charge in [0.15, 0.2) is 0 Å². The van der Waals surface area contributed by atoms with Crippen molar-refractivity contribution in [2.24, 2.45) is 0 Å². The summed E-state index contributed by atoms with van der Waals surface area (Å²) in [5.74, 6) is 0.149. The molecular weight excluding hydrogens is 200 g/mol. The van der Waals surface area contributed by atoms with Crippen LogP contribution in [0.4, 0.5) is 0 Å². The van der Waals surface area contributed by atoms with Crippen molar-refractivity contribution in [2.45, 2.75) is 70.9 Å². The third-order valence-electron chi connectivity index (χ3n) is 2.90. The van der Waals surface area contributed by atoms with E-state index in [4.69, 9.17) is 0 Å². The summed E-state index contributed by atoms with van der Waals surface area (Å²) in [6, 6.07) is 0.649. The van der Waals surface area contributed by atoms with Crippen molar-refractivity contribution < 1.29 is 4.79 Å². The van der Waals surface area contributed by atoms with E-state index in [1.807, 2.05) is 20.8 Å². The highest BCUT2D eigenvalue weighted by Gasteiger charge is 2.15. The van der Waals surface area contributed by atoms with Crippen LogP contribution in [0.1, 0.15) is 59.3 Å². The molecule has 0 spiro atoms. The maximum absolute atomic E-state index is 11.5. The van der Waals surface area contributed by atoms with Crippen LogP contribution in [0.3, 0.4) is 0 Å². The fourth-order valence-electron chi connectivity index (χ4n) is 2.18. The number of nitrogens with one attached hydrogen (secondary N) is 2. The van der Waals surface area contributed by atoms with Gasteiger partial charge in [-0.15, -0.1) is 0 Å². The molecule has 0 radical (unpaired) electrons. The lowest BCUT2D eigenvalue weighted by Gasteiger charge is -2.24. The highest BCUT2D eigenvalue weighted by Crippen LogP contribution is 2.17. The molecule has 0 aromatic carbocycles. The number of hydrogen-bond donors (Lipinski definition) is 2. The number of carbonyl (C=O) groups excluding carboxylic acids is 1. The predicted octanol–water partition coefficient (Wildman–Crippen LogP) is 2.21. The molecule has 0 aliphatic heterocycles. The van der Waals surface area contributed by atoms with Crippen LogP contribution in [0.25, 0.3) is 0 Å². The van der Waals surface area contributed by atoms with Crippen LogP contribution < -0.4 is 10.6 Å². The Bertz CT molecular complexity index is 214. The van der Waals surface area contributed by atoms with Crippen LogP contribution in [0, 0.1) is 0 Å². The number of carbonyl (C=O) groups is 1. The molecule has 94 valence electrons.